The first-order valence-electron chi connectivity index (χ1n) is 7.06. The maximum atomic E-state index is 5.88. The molecule has 0 bridgehead atoms. The molecular weight excluding hydrogens is 304 g/mol. The topological polar surface area (TPSA) is 87.2 Å². The van der Waals surface area contributed by atoms with Gasteiger partial charge in [-0.15, -0.1) is 10.2 Å². The van der Waals surface area contributed by atoms with Gasteiger partial charge in [-0.25, -0.2) is 9.97 Å². The van der Waals surface area contributed by atoms with Gasteiger partial charge < -0.3 is 4.57 Å². The van der Waals surface area contributed by atoms with Crippen LogP contribution in [0.2, 0.25) is 5.28 Å². The van der Waals surface area contributed by atoms with Crippen LogP contribution >= 0.6 is 11.6 Å². The number of imidazole rings is 1. The summed E-state index contributed by atoms with van der Waals surface area (Å²) >= 11 is 5.88. The fraction of sp³-hybridized carbons (Fsp3) is 0.385. The van der Waals surface area contributed by atoms with Crippen molar-refractivity contribution < 1.29 is 0 Å². The molecule has 0 spiro atoms. The second kappa shape index (κ2) is 5.13. The number of halogens is 1. The third-order valence-corrected chi connectivity index (χ3v) is 3.95. The predicted molar refractivity (Wildman–Crippen MR) is 79.4 cm³/mol. The zero-order valence-corrected chi connectivity index (χ0v) is 12.6. The molecule has 8 nitrogen and oxygen atoms in total. The summed E-state index contributed by atoms with van der Waals surface area (Å²) in [7, 11) is 0. The van der Waals surface area contributed by atoms with Crippen LogP contribution in [0, 0.1) is 0 Å². The number of hydrogen-bond acceptors (Lipinski definition) is 6. The summed E-state index contributed by atoms with van der Waals surface area (Å²) in [5.41, 5.74) is 1.46. The molecule has 0 aromatic carbocycles. The van der Waals surface area contributed by atoms with Gasteiger partial charge in [0.05, 0.1) is 24.6 Å². The standard InChI is InChI=1S/C13H13ClN8/c1-2-11-18-20-22(19-11)9-4-3-8(5-9)21-7-16-10-6-15-13(14)17-12(10)21/h3-4,6-9H,2,5H2,1H3/t8-,9+/m0/s1. The molecule has 0 saturated carbocycles. The fourth-order valence-electron chi connectivity index (χ4n) is 2.62. The molecule has 2 atom stereocenters. The molecule has 0 unspecified atom stereocenters. The van der Waals surface area contributed by atoms with E-state index in [1.165, 1.54) is 0 Å². The van der Waals surface area contributed by atoms with Crippen molar-refractivity contribution in [2.45, 2.75) is 31.8 Å². The van der Waals surface area contributed by atoms with Crippen molar-refractivity contribution in [3.8, 4) is 0 Å². The highest BCUT2D eigenvalue weighted by molar-refractivity contribution is 6.28. The molecule has 0 fully saturated rings. The Kier molecular flexibility index (Phi) is 3.11. The minimum atomic E-state index is 0.0903. The van der Waals surface area contributed by atoms with E-state index < -0.39 is 0 Å². The second-order valence-electron chi connectivity index (χ2n) is 5.13. The molecule has 3 aromatic heterocycles. The van der Waals surface area contributed by atoms with Crippen LogP contribution in [-0.2, 0) is 6.42 Å². The molecule has 0 amide bonds. The molecule has 0 saturated heterocycles. The van der Waals surface area contributed by atoms with Gasteiger partial charge in [0.1, 0.15) is 5.52 Å². The number of aryl methyl sites for hydroxylation is 1. The summed E-state index contributed by atoms with van der Waals surface area (Å²) in [6.07, 6.45) is 9.19. The highest BCUT2D eigenvalue weighted by Gasteiger charge is 2.25. The van der Waals surface area contributed by atoms with Crippen molar-refractivity contribution in [1.29, 1.82) is 0 Å². The third kappa shape index (κ3) is 2.16. The lowest BCUT2D eigenvalue weighted by Gasteiger charge is -2.12. The van der Waals surface area contributed by atoms with E-state index in [1.54, 1.807) is 17.3 Å². The molecule has 9 heteroatoms. The van der Waals surface area contributed by atoms with Crippen molar-refractivity contribution in [1.82, 2.24) is 39.7 Å². The zero-order valence-electron chi connectivity index (χ0n) is 11.8. The summed E-state index contributed by atoms with van der Waals surface area (Å²) in [5, 5.41) is 12.7. The van der Waals surface area contributed by atoms with Gasteiger partial charge in [0.25, 0.3) is 0 Å². The Morgan fingerprint density at radius 3 is 2.95 bits per heavy atom. The second-order valence-corrected chi connectivity index (χ2v) is 5.47. The van der Waals surface area contributed by atoms with Crippen molar-refractivity contribution in [2.75, 3.05) is 0 Å². The third-order valence-electron chi connectivity index (χ3n) is 3.76. The minimum absolute atomic E-state index is 0.0903. The van der Waals surface area contributed by atoms with E-state index in [1.807, 2.05) is 11.5 Å². The Morgan fingerprint density at radius 1 is 1.27 bits per heavy atom. The molecule has 3 aromatic rings. The first-order valence-corrected chi connectivity index (χ1v) is 7.44. The highest BCUT2D eigenvalue weighted by atomic mass is 35.5. The summed E-state index contributed by atoms with van der Waals surface area (Å²) < 4.78 is 2.00. The number of tetrazole rings is 1. The smallest absolute Gasteiger partial charge is 0.224 e. The molecule has 0 N–H and O–H groups in total. The van der Waals surface area contributed by atoms with Gasteiger partial charge in [-0.2, -0.15) is 9.78 Å². The quantitative estimate of drug-likeness (QED) is 0.540. The van der Waals surface area contributed by atoms with Gasteiger partial charge in [0.15, 0.2) is 11.5 Å². The number of allylic oxidation sites excluding steroid dienone is 2. The van der Waals surface area contributed by atoms with Crippen molar-refractivity contribution in [2.24, 2.45) is 0 Å². The number of aromatic nitrogens is 8. The Hall–Kier alpha value is -2.35. The largest absolute Gasteiger partial charge is 0.308 e. The molecule has 22 heavy (non-hydrogen) atoms. The lowest BCUT2D eigenvalue weighted by Crippen LogP contribution is -2.12. The van der Waals surface area contributed by atoms with E-state index in [-0.39, 0.29) is 17.4 Å². The van der Waals surface area contributed by atoms with Crippen LogP contribution in [0.15, 0.2) is 24.7 Å². The predicted octanol–water partition coefficient (Wildman–Crippen LogP) is 1.77. The first kappa shape index (κ1) is 13.3. The van der Waals surface area contributed by atoms with Crippen LogP contribution in [0.25, 0.3) is 11.2 Å². The molecule has 4 rings (SSSR count). The Morgan fingerprint density at radius 2 is 2.14 bits per heavy atom. The number of nitrogens with zero attached hydrogens (tertiary/aromatic N) is 8. The van der Waals surface area contributed by atoms with Gasteiger partial charge in [-0.05, 0) is 23.2 Å². The number of rotatable bonds is 3. The van der Waals surface area contributed by atoms with Crippen LogP contribution in [0.4, 0.5) is 0 Å². The van der Waals surface area contributed by atoms with Gasteiger partial charge in [-0.1, -0.05) is 19.1 Å². The monoisotopic (exact) mass is 316 g/mol. The van der Waals surface area contributed by atoms with Crippen LogP contribution in [0.1, 0.15) is 31.3 Å². The summed E-state index contributed by atoms with van der Waals surface area (Å²) in [4.78, 5) is 14.2. The maximum Gasteiger partial charge on any atom is 0.224 e. The van der Waals surface area contributed by atoms with Gasteiger partial charge in [-0.3, -0.25) is 0 Å². The van der Waals surface area contributed by atoms with E-state index in [0.29, 0.717) is 0 Å². The van der Waals surface area contributed by atoms with Gasteiger partial charge in [0.2, 0.25) is 5.28 Å². The van der Waals surface area contributed by atoms with Crippen LogP contribution < -0.4 is 0 Å². The Bertz CT molecular complexity index is 851. The molecule has 3 heterocycles. The van der Waals surface area contributed by atoms with Gasteiger partial charge >= 0.3 is 0 Å². The van der Waals surface area contributed by atoms with Crippen molar-refractivity contribution >= 4 is 22.8 Å². The summed E-state index contributed by atoms with van der Waals surface area (Å²) in [6, 6.07) is 0.226. The Labute approximate surface area is 130 Å². The highest BCUT2D eigenvalue weighted by Crippen LogP contribution is 2.32. The average Bonchev–Trinajstić information content (AvgIpc) is 3.24. The number of hydrogen-bond donors (Lipinski definition) is 0. The molecule has 1 aliphatic carbocycles. The van der Waals surface area contributed by atoms with E-state index >= 15 is 0 Å². The Balaban J connectivity index is 1.62. The van der Waals surface area contributed by atoms with Crippen molar-refractivity contribution in [3.05, 3.63) is 35.8 Å². The SMILES string of the molecule is CCc1nnn([C@@H]2C=C[C@H](n3cnc4cnc(Cl)nc43)C2)n1. The van der Waals surface area contributed by atoms with E-state index in [9.17, 15) is 0 Å². The molecule has 0 aliphatic heterocycles. The maximum absolute atomic E-state index is 5.88. The summed E-state index contributed by atoms with van der Waals surface area (Å²) in [5.74, 6) is 0.754. The van der Waals surface area contributed by atoms with E-state index in [2.05, 4.69) is 42.5 Å². The van der Waals surface area contributed by atoms with Crippen LogP contribution in [0.3, 0.4) is 0 Å². The molecule has 112 valence electrons. The lowest BCUT2D eigenvalue weighted by molar-refractivity contribution is 0.416. The molecular formula is C13H13ClN8. The van der Waals surface area contributed by atoms with Crippen LogP contribution in [-0.4, -0.2) is 39.7 Å². The molecule has 1 aliphatic rings. The molecule has 0 radical (unpaired) electrons. The van der Waals surface area contributed by atoms with Crippen LogP contribution in [0.5, 0.6) is 0 Å². The van der Waals surface area contributed by atoms with E-state index in [4.69, 9.17) is 11.6 Å². The average molecular weight is 317 g/mol. The zero-order chi connectivity index (χ0) is 15.1. The lowest BCUT2D eigenvalue weighted by atomic mass is 10.2. The minimum Gasteiger partial charge on any atom is -0.308 e. The fourth-order valence-corrected chi connectivity index (χ4v) is 2.75. The summed E-state index contributed by atoms with van der Waals surface area (Å²) in [6.45, 7) is 2.01. The normalized spacial score (nSPS) is 21.0. The van der Waals surface area contributed by atoms with Crippen molar-refractivity contribution in [3.63, 3.8) is 0 Å². The van der Waals surface area contributed by atoms with Gasteiger partial charge in [0, 0.05) is 6.42 Å². The van der Waals surface area contributed by atoms with E-state index in [0.717, 1.165) is 29.8 Å². The first-order chi connectivity index (χ1) is 10.7. The number of fused-ring (bicyclic) bond motifs is 1.